The summed E-state index contributed by atoms with van der Waals surface area (Å²) in [6.07, 6.45) is 3.40. The van der Waals surface area contributed by atoms with Crippen LogP contribution < -0.4 is 5.32 Å². The van der Waals surface area contributed by atoms with Crippen LogP contribution in [0.3, 0.4) is 0 Å². The summed E-state index contributed by atoms with van der Waals surface area (Å²) in [7, 11) is 2.16. The van der Waals surface area contributed by atoms with Crippen molar-refractivity contribution in [2.75, 3.05) is 26.7 Å². The van der Waals surface area contributed by atoms with Crippen LogP contribution in [-0.2, 0) is 4.74 Å². The molecule has 0 amide bonds. The van der Waals surface area contributed by atoms with E-state index < -0.39 is 0 Å². The van der Waals surface area contributed by atoms with E-state index in [-0.39, 0.29) is 5.54 Å². The lowest BCUT2D eigenvalue weighted by molar-refractivity contribution is 0.0827. The smallest absolute Gasteiger partial charge is 0.103 e. The highest BCUT2D eigenvalue weighted by atomic mass is 16.5. The van der Waals surface area contributed by atoms with E-state index in [0.29, 0.717) is 12.1 Å². The molecule has 0 aromatic carbocycles. The van der Waals surface area contributed by atoms with Crippen molar-refractivity contribution in [2.24, 2.45) is 0 Å². The molecule has 1 aliphatic heterocycles. The normalized spacial score (nSPS) is 27.1. The maximum absolute atomic E-state index is 9.19. The van der Waals surface area contributed by atoms with Crippen LogP contribution in [0.4, 0.5) is 0 Å². The molecular formula is C14H27N3O. The van der Waals surface area contributed by atoms with Gasteiger partial charge in [-0.3, -0.25) is 5.32 Å². The van der Waals surface area contributed by atoms with Crippen molar-refractivity contribution in [3.8, 4) is 6.07 Å². The highest BCUT2D eigenvalue weighted by Crippen LogP contribution is 2.19. The number of rotatable bonds is 7. The molecule has 104 valence electrons. The highest BCUT2D eigenvalue weighted by Gasteiger charge is 2.28. The van der Waals surface area contributed by atoms with Crippen molar-refractivity contribution >= 4 is 0 Å². The zero-order valence-corrected chi connectivity index (χ0v) is 12.2. The molecule has 3 unspecified atom stereocenters. The molecule has 0 aliphatic carbocycles. The number of nitriles is 1. The summed E-state index contributed by atoms with van der Waals surface area (Å²) >= 11 is 0. The summed E-state index contributed by atoms with van der Waals surface area (Å²) in [5.41, 5.74) is -0.382. The predicted octanol–water partition coefficient (Wildman–Crippen LogP) is 1.77. The second-order valence-corrected chi connectivity index (χ2v) is 5.49. The van der Waals surface area contributed by atoms with E-state index in [9.17, 15) is 5.26 Å². The lowest BCUT2D eigenvalue weighted by atomic mass is 9.97. The third-order valence-corrected chi connectivity index (χ3v) is 3.90. The largest absolute Gasteiger partial charge is 0.377 e. The quantitative estimate of drug-likeness (QED) is 0.751. The Hall–Kier alpha value is -0.630. The molecule has 1 aliphatic rings. The Bertz CT molecular complexity index is 289. The fourth-order valence-corrected chi connectivity index (χ4v) is 2.72. The minimum Gasteiger partial charge on any atom is -0.377 e. The summed E-state index contributed by atoms with van der Waals surface area (Å²) in [4.78, 5) is 2.38. The summed E-state index contributed by atoms with van der Waals surface area (Å²) in [6, 6.07) is 2.92. The molecule has 1 rings (SSSR count). The lowest BCUT2D eigenvalue weighted by Gasteiger charge is -2.28. The Morgan fingerprint density at radius 3 is 2.78 bits per heavy atom. The zero-order valence-electron chi connectivity index (χ0n) is 12.2. The van der Waals surface area contributed by atoms with E-state index in [0.717, 1.165) is 39.0 Å². The zero-order chi connectivity index (χ0) is 13.6. The summed E-state index contributed by atoms with van der Waals surface area (Å²) in [5.74, 6) is 0. The Kier molecular flexibility index (Phi) is 6.07. The standard InChI is InChI=1S/C14H27N3O/c1-5-16-14(3,11-15)8-6-9-17(4)13-7-10-18-12(13)2/h12-13,16H,5-10H2,1-4H3. The number of nitrogens with one attached hydrogen (secondary N) is 1. The molecule has 18 heavy (non-hydrogen) atoms. The average Bonchev–Trinajstić information content (AvgIpc) is 2.76. The van der Waals surface area contributed by atoms with Crippen LogP contribution in [0.25, 0.3) is 0 Å². The Morgan fingerprint density at radius 2 is 2.28 bits per heavy atom. The predicted molar refractivity (Wildman–Crippen MR) is 73.4 cm³/mol. The van der Waals surface area contributed by atoms with Gasteiger partial charge in [0.15, 0.2) is 0 Å². The molecule has 0 aromatic heterocycles. The van der Waals surface area contributed by atoms with Gasteiger partial charge in [-0.25, -0.2) is 0 Å². The Balaban J connectivity index is 2.30. The van der Waals surface area contributed by atoms with Crippen LogP contribution in [0.15, 0.2) is 0 Å². The van der Waals surface area contributed by atoms with Crippen molar-refractivity contribution in [1.82, 2.24) is 10.2 Å². The molecule has 0 radical (unpaired) electrons. The minimum absolute atomic E-state index is 0.339. The molecular weight excluding hydrogens is 226 g/mol. The number of hydrogen-bond donors (Lipinski definition) is 1. The third-order valence-electron chi connectivity index (χ3n) is 3.90. The second-order valence-electron chi connectivity index (χ2n) is 5.49. The number of likely N-dealkylation sites (N-methyl/N-ethyl adjacent to an activating group) is 1. The van der Waals surface area contributed by atoms with Gasteiger partial charge in [-0.2, -0.15) is 5.26 Å². The van der Waals surface area contributed by atoms with Gasteiger partial charge in [0.2, 0.25) is 0 Å². The van der Waals surface area contributed by atoms with E-state index in [1.807, 2.05) is 13.8 Å². The molecule has 3 atom stereocenters. The van der Waals surface area contributed by atoms with Crippen molar-refractivity contribution in [3.05, 3.63) is 0 Å². The molecule has 1 heterocycles. The number of nitrogens with zero attached hydrogens (tertiary/aromatic N) is 2. The van der Waals surface area contributed by atoms with Gasteiger partial charge in [-0.05, 0) is 53.2 Å². The molecule has 0 saturated carbocycles. The van der Waals surface area contributed by atoms with Gasteiger partial charge in [-0.1, -0.05) is 6.92 Å². The molecule has 1 fully saturated rings. The monoisotopic (exact) mass is 253 g/mol. The van der Waals surface area contributed by atoms with E-state index in [1.165, 1.54) is 0 Å². The fraction of sp³-hybridized carbons (Fsp3) is 0.929. The van der Waals surface area contributed by atoms with Crippen molar-refractivity contribution in [2.45, 2.75) is 57.7 Å². The summed E-state index contributed by atoms with van der Waals surface area (Å²) < 4.78 is 5.59. The first-order chi connectivity index (χ1) is 8.52. The molecule has 0 bridgehead atoms. The molecule has 4 nitrogen and oxygen atoms in total. The van der Waals surface area contributed by atoms with Crippen molar-refractivity contribution in [1.29, 1.82) is 5.26 Å². The first-order valence-corrected chi connectivity index (χ1v) is 7.00. The Labute approximate surface area is 111 Å². The van der Waals surface area contributed by atoms with Crippen LogP contribution in [0.1, 0.15) is 40.0 Å². The second kappa shape index (κ2) is 7.08. The van der Waals surface area contributed by atoms with E-state index in [2.05, 4.69) is 30.3 Å². The highest BCUT2D eigenvalue weighted by molar-refractivity contribution is 5.03. The van der Waals surface area contributed by atoms with Crippen LogP contribution in [0.5, 0.6) is 0 Å². The minimum atomic E-state index is -0.382. The lowest BCUT2D eigenvalue weighted by Crippen LogP contribution is -2.42. The number of hydrogen-bond acceptors (Lipinski definition) is 4. The molecule has 1 N–H and O–H groups in total. The van der Waals surface area contributed by atoms with Crippen molar-refractivity contribution < 1.29 is 4.74 Å². The molecule has 1 saturated heterocycles. The van der Waals surface area contributed by atoms with Gasteiger partial charge >= 0.3 is 0 Å². The van der Waals surface area contributed by atoms with E-state index >= 15 is 0 Å². The van der Waals surface area contributed by atoms with Crippen LogP contribution >= 0.6 is 0 Å². The van der Waals surface area contributed by atoms with Crippen LogP contribution in [0.2, 0.25) is 0 Å². The molecule has 0 aromatic rings. The molecule has 0 spiro atoms. The van der Waals surface area contributed by atoms with Gasteiger partial charge < -0.3 is 9.64 Å². The van der Waals surface area contributed by atoms with E-state index in [4.69, 9.17) is 4.74 Å². The molecule has 4 heteroatoms. The van der Waals surface area contributed by atoms with Crippen LogP contribution in [0, 0.1) is 11.3 Å². The first-order valence-electron chi connectivity index (χ1n) is 7.00. The SMILES string of the molecule is CCNC(C)(C#N)CCCN(C)C1CCOC1C. The van der Waals surface area contributed by atoms with Gasteiger partial charge in [0.25, 0.3) is 0 Å². The third kappa shape index (κ3) is 4.24. The van der Waals surface area contributed by atoms with Gasteiger partial charge in [0, 0.05) is 12.6 Å². The summed E-state index contributed by atoms with van der Waals surface area (Å²) in [6.45, 7) is 8.92. The van der Waals surface area contributed by atoms with Crippen molar-refractivity contribution in [3.63, 3.8) is 0 Å². The maximum Gasteiger partial charge on any atom is 0.103 e. The van der Waals surface area contributed by atoms with Gasteiger partial charge in [0.05, 0.1) is 12.2 Å². The topological polar surface area (TPSA) is 48.3 Å². The van der Waals surface area contributed by atoms with Gasteiger partial charge in [-0.15, -0.1) is 0 Å². The number of ether oxygens (including phenoxy) is 1. The maximum atomic E-state index is 9.19. The average molecular weight is 253 g/mol. The Morgan fingerprint density at radius 1 is 1.56 bits per heavy atom. The summed E-state index contributed by atoms with van der Waals surface area (Å²) in [5, 5.41) is 12.4. The fourth-order valence-electron chi connectivity index (χ4n) is 2.72. The van der Waals surface area contributed by atoms with Gasteiger partial charge in [0.1, 0.15) is 5.54 Å². The first kappa shape index (κ1) is 15.4. The van der Waals surface area contributed by atoms with Crippen LogP contribution in [-0.4, -0.2) is 49.3 Å². The van der Waals surface area contributed by atoms with E-state index in [1.54, 1.807) is 0 Å².